The Bertz CT molecular complexity index is 779. The van der Waals surface area contributed by atoms with E-state index in [1.807, 2.05) is 25.1 Å². The van der Waals surface area contributed by atoms with Gasteiger partial charge in [-0.15, -0.1) is 0 Å². The lowest BCUT2D eigenvalue weighted by Crippen LogP contribution is -2.00. The molecule has 1 aromatic heterocycles. The normalized spacial score (nSPS) is 12.8. The smallest absolute Gasteiger partial charge is 0.138 e. The summed E-state index contributed by atoms with van der Waals surface area (Å²) in [7, 11) is 0. The van der Waals surface area contributed by atoms with Crippen LogP contribution in [0.4, 0.5) is 4.39 Å². The summed E-state index contributed by atoms with van der Waals surface area (Å²) in [5, 5.41) is 11.1. The maximum absolute atomic E-state index is 13.2. The Hall–Kier alpha value is -1.65. The molecule has 20 heavy (non-hydrogen) atoms. The molecule has 4 heteroatoms. The van der Waals surface area contributed by atoms with Crippen molar-refractivity contribution in [3.8, 4) is 0 Å². The number of hydrogen-bond donors (Lipinski definition) is 1. The molecule has 0 saturated heterocycles. The Labute approximate surface area is 124 Å². The molecule has 1 heterocycles. The Morgan fingerprint density at radius 2 is 1.95 bits per heavy atom. The van der Waals surface area contributed by atoms with Crippen LogP contribution < -0.4 is 0 Å². The highest BCUT2D eigenvalue weighted by atomic mass is 79.9. The highest BCUT2D eigenvalue weighted by Gasteiger charge is 2.18. The second-order valence-corrected chi connectivity index (χ2v) is 5.65. The summed E-state index contributed by atoms with van der Waals surface area (Å²) < 4.78 is 19.7. The fourth-order valence-electron chi connectivity index (χ4n) is 2.23. The maximum atomic E-state index is 13.2. The standard InChI is InChI=1S/C16H12BrFO2/c1-9-2-3-11(17)8-13(9)16(19)15-7-10-6-12(18)4-5-14(10)20-15/h2-8,16,19H,1H3. The number of aliphatic hydroxyl groups excluding tert-OH is 1. The fraction of sp³-hybridized carbons (Fsp3) is 0.125. The highest BCUT2D eigenvalue weighted by Crippen LogP contribution is 2.31. The van der Waals surface area contributed by atoms with Crippen molar-refractivity contribution in [1.29, 1.82) is 0 Å². The zero-order valence-electron chi connectivity index (χ0n) is 10.7. The summed E-state index contributed by atoms with van der Waals surface area (Å²) in [6.07, 6.45) is -0.872. The van der Waals surface area contributed by atoms with Crippen LogP contribution in [0.25, 0.3) is 11.0 Å². The summed E-state index contributed by atoms with van der Waals surface area (Å²) in [5.74, 6) is 0.0878. The fourth-order valence-corrected chi connectivity index (χ4v) is 2.61. The molecule has 0 fully saturated rings. The summed E-state index contributed by atoms with van der Waals surface area (Å²) in [6.45, 7) is 1.92. The Morgan fingerprint density at radius 1 is 1.15 bits per heavy atom. The van der Waals surface area contributed by atoms with E-state index in [0.717, 1.165) is 15.6 Å². The minimum atomic E-state index is -0.872. The second kappa shape index (κ2) is 5.04. The van der Waals surface area contributed by atoms with E-state index in [9.17, 15) is 9.50 Å². The first-order chi connectivity index (χ1) is 9.54. The van der Waals surface area contributed by atoms with Gasteiger partial charge in [-0.25, -0.2) is 4.39 Å². The molecule has 0 aliphatic heterocycles. The molecule has 102 valence electrons. The zero-order valence-corrected chi connectivity index (χ0v) is 12.3. The van der Waals surface area contributed by atoms with E-state index in [-0.39, 0.29) is 5.82 Å². The third kappa shape index (κ3) is 2.37. The molecule has 3 aromatic rings. The molecule has 1 N–H and O–H groups in total. The largest absolute Gasteiger partial charge is 0.458 e. The van der Waals surface area contributed by atoms with E-state index in [2.05, 4.69) is 15.9 Å². The van der Waals surface area contributed by atoms with Crippen LogP contribution in [0.5, 0.6) is 0 Å². The minimum Gasteiger partial charge on any atom is -0.458 e. The van der Waals surface area contributed by atoms with Crippen LogP contribution in [0.15, 0.2) is 51.4 Å². The van der Waals surface area contributed by atoms with Gasteiger partial charge in [0.1, 0.15) is 23.3 Å². The van der Waals surface area contributed by atoms with Crippen molar-refractivity contribution in [2.45, 2.75) is 13.0 Å². The van der Waals surface area contributed by atoms with Crippen molar-refractivity contribution in [2.75, 3.05) is 0 Å². The van der Waals surface area contributed by atoms with Crippen LogP contribution in [0.1, 0.15) is 23.0 Å². The molecule has 0 aliphatic carbocycles. The van der Waals surface area contributed by atoms with Gasteiger partial charge in [0.05, 0.1) is 0 Å². The molecular formula is C16H12BrFO2. The lowest BCUT2D eigenvalue weighted by atomic mass is 10.0. The number of fused-ring (bicyclic) bond motifs is 1. The van der Waals surface area contributed by atoms with Crippen molar-refractivity contribution in [3.05, 3.63) is 69.6 Å². The molecule has 0 amide bonds. The molecule has 0 radical (unpaired) electrons. The summed E-state index contributed by atoms with van der Waals surface area (Å²) in [6, 6.07) is 11.7. The number of halogens is 2. The predicted octanol–water partition coefficient (Wildman–Crippen LogP) is 4.72. The SMILES string of the molecule is Cc1ccc(Br)cc1C(O)c1cc2cc(F)ccc2o1. The predicted molar refractivity (Wildman–Crippen MR) is 79.1 cm³/mol. The molecule has 2 nitrogen and oxygen atoms in total. The van der Waals surface area contributed by atoms with Gasteiger partial charge < -0.3 is 9.52 Å². The van der Waals surface area contributed by atoms with Crippen LogP contribution in [-0.2, 0) is 0 Å². The van der Waals surface area contributed by atoms with Crippen LogP contribution in [-0.4, -0.2) is 5.11 Å². The van der Waals surface area contributed by atoms with Gasteiger partial charge in [0, 0.05) is 9.86 Å². The topological polar surface area (TPSA) is 33.4 Å². The van der Waals surface area contributed by atoms with Crippen molar-refractivity contribution in [1.82, 2.24) is 0 Å². The van der Waals surface area contributed by atoms with Crippen LogP contribution in [0.2, 0.25) is 0 Å². The van der Waals surface area contributed by atoms with Crippen LogP contribution >= 0.6 is 15.9 Å². The van der Waals surface area contributed by atoms with Crippen molar-refractivity contribution in [3.63, 3.8) is 0 Å². The summed E-state index contributed by atoms with van der Waals surface area (Å²) >= 11 is 3.39. The van der Waals surface area contributed by atoms with E-state index in [1.165, 1.54) is 12.1 Å². The molecule has 1 unspecified atom stereocenters. The van der Waals surface area contributed by atoms with Gasteiger partial charge in [0.2, 0.25) is 0 Å². The second-order valence-electron chi connectivity index (χ2n) is 4.73. The highest BCUT2D eigenvalue weighted by molar-refractivity contribution is 9.10. The van der Waals surface area contributed by atoms with E-state index in [4.69, 9.17) is 4.42 Å². The quantitative estimate of drug-likeness (QED) is 0.735. The van der Waals surface area contributed by atoms with Gasteiger partial charge >= 0.3 is 0 Å². The molecule has 0 aliphatic rings. The minimum absolute atomic E-state index is 0.321. The third-order valence-corrected chi connectivity index (χ3v) is 3.80. The first-order valence-corrected chi connectivity index (χ1v) is 6.97. The average molecular weight is 335 g/mol. The molecular weight excluding hydrogens is 323 g/mol. The first-order valence-electron chi connectivity index (χ1n) is 6.18. The van der Waals surface area contributed by atoms with E-state index >= 15 is 0 Å². The van der Waals surface area contributed by atoms with E-state index in [0.29, 0.717) is 16.7 Å². The number of benzene rings is 2. The molecule has 0 bridgehead atoms. The van der Waals surface area contributed by atoms with Gasteiger partial charge in [0.15, 0.2) is 0 Å². The Balaban J connectivity index is 2.07. The molecule has 0 spiro atoms. The van der Waals surface area contributed by atoms with E-state index < -0.39 is 6.10 Å². The van der Waals surface area contributed by atoms with Crippen molar-refractivity contribution < 1.29 is 13.9 Å². The third-order valence-electron chi connectivity index (χ3n) is 3.30. The average Bonchev–Trinajstić information content (AvgIpc) is 2.83. The van der Waals surface area contributed by atoms with Crippen LogP contribution in [0, 0.1) is 12.7 Å². The van der Waals surface area contributed by atoms with Crippen LogP contribution in [0.3, 0.4) is 0 Å². The molecule has 2 aromatic carbocycles. The van der Waals surface area contributed by atoms with Gasteiger partial charge in [-0.2, -0.15) is 0 Å². The number of rotatable bonds is 2. The number of hydrogen-bond acceptors (Lipinski definition) is 2. The Kier molecular flexibility index (Phi) is 3.36. The van der Waals surface area contributed by atoms with Gasteiger partial charge in [0.25, 0.3) is 0 Å². The van der Waals surface area contributed by atoms with Gasteiger partial charge in [-0.3, -0.25) is 0 Å². The molecule has 0 saturated carbocycles. The first kappa shape index (κ1) is 13.3. The summed E-state index contributed by atoms with van der Waals surface area (Å²) in [5.41, 5.74) is 2.29. The maximum Gasteiger partial charge on any atom is 0.138 e. The van der Waals surface area contributed by atoms with Gasteiger partial charge in [-0.1, -0.05) is 22.0 Å². The summed E-state index contributed by atoms with van der Waals surface area (Å²) in [4.78, 5) is 0. The zero-order chi connectivity index (χ0) is 14.3. The molecule has 3 rings (SSSR count). The monoisotopic (exact) mass is 334 g/mol. The van der Waals surface area contributed by atoms with Crippen molar-refractivity contribution >= 4 is 26.9 Å². The lowest BCUT2D eigenvalue weighted by Gasteiger charge is -2.11. The van der Waals surface area contributed by atoms with Gasteiger partial charge in [-0.05, 0) is 54.4 Å². The van der Waals surface area contributed by atoms with Crippen molar-refractivity contribution in [2.24, 2.45) is 0 Å². The number of furan rings is 1. The van der Waals surface area contributed by atoms with E-state index in [1.54, 1.807) is 12.1 Å². The number of aliphatic hydroxyl groups is 1. The Morgan fingerprint density at radius 3 is 2.75 bits per heavy atom. The number of aryl methyl sites for hydroxylation is 1. The lowest BCUT2D eigenvalue weighted by molar-refractivity contribution is 0.191. The molecule has 1 atom stereocenters.